The molecule has 1 aliphatic carbocycles. The first-order valence-corrected chi connectivity index (χ1v) is 8.98. The Kier molecular flexibility index (Phi) is 5.21. The van der Waals surface area contributed by atoms with Gasteiger partial charge in [0, 0.05) is 24.4 Å². The van der Waals surface area contributed by atoms with Gasteiger partial charge < -0.3 is 14.4 Å². The fourth-order valence-electron chi connectivity index (χ4n) is 3.81. The molecule has 132 valence electrons. The largest absolute Gasteiger partial charge is 0.378 e. The molecule has 2 aliphatic rings. The van der Waals surface area contributed by atoms with Crippen LogP contribution in [0.15, 0.2) is 18.3 Å². The molecule has 1 spiro atoms. The van der Waals surface area contributed by atoms with E-state index in [0.29, 0.717) is 37.8 Å². The second-order valence-corrected chi connectivity index (χ2v) is 7.30. The van der Waals surface area contributed by atoms with E-state index in [2.05, 4.69) is 18.8 Å². The van der Waals surface area contributed by atoms with Gasteiger partial charge in [-0.25, -0.2) is 0 Å². The lowest BCUT2D eigenvalue weighted by Gasteiger charge is -2.44. The van der Waals surface area contributed by atoms with Gasteiger partial charge in [0.1, 0.15) is 0 Å². The number of carbonyl (C=O) groups is 1. The summed E-state index contributed by atoms with van der Waals surface area (Å²) in [6, 6.07) is 3.75. The highest BCUT2D eigenvalue weighted by Gasteiger charge is 2.48. The van der Waals surface area contributed by atoms with Crippen LogP contribution in [0.3, 0.4) is 0 Å². The lowest BCUT2D eigenvalue weighted by molar-refractivity contribution is -0.136. The van der Waals surface area contributed by atoms with Crippen LogP contribution in [0.2, 0.25) is 0 Å². The predicted octanol–water partition coefficient (Wildman–Crippen LogP) is 2.83. The van der Waals surface area contributed by atoms with Gasteiger partial charge in [-0.05, 0) is 45.7 Å². The highest BCUT2D eigenvalue weighted by molar-refractivity contribution is 5.94. The number of hydrogen-bond donors (Lipinski definition) is 0. The number of amides is 1. The van der Waals surface area contributed by atoms with Crippen LogP contribution in [-0.2, 0) is 9.47 Å². The van der Waals surface area contributed by atoms with Crippen molar-refractivity contribution in [1.82, 2.24) is 9.88 Å². The van der Waals surface area contributed by atoms with Gasteiger partial charge in [0.05, 0.1) is 37.0 Å². The minimum Gasteiger partial charge on any atom is -0.378 e. The summed E-state index contributed by atoms with van der Waals surface area (Å²) in [5, 5.41) is 0. The zero-order chi connectivity index (χ0) is 17.2. The van der Waals surface area contributed by atoms with Crippen LogP contribution in [0.1, 0.15) is 49.2 Å². The molecule has 0 aromatic carbocycles. The first kappa shape index (κ1) is 17.4. The standard InChI is InChI=1S/C19H28N2O3/c1-14(2)23-12-17-5-4-8-19(17)13-21(9-10-24-19)18(22)16-7-6-15(3)20-11-16/h6-7,11,14,17H,4-5,8-10,12-13H2,1-3H3/t17-,19+/m0/s1. The molecule has 1 amide bonds. The van der Waals surface area contributed by atoms with E-state index >= 15 is 0 Å². The number of carbonyl (C=O) groups excluding carboxylic acids is 1. The molecule has 1 saturated heterocycles. The van der Waals surface area contributed by atoms with Gasteiger partial charge in [0.2, 0.25) is 0 Å². The Morgan fingerprint density at radius 3 is 3.04 bits per heavy atom. The highest BCUT2D eigenvalue weighted by atomic mass is 16.5. The van der Waals surface area contributed by atoms with Gasteiger partial charge in [-0.3, -0.25) is 9.78 Å². The number of morpholine rings is 1. The van der Waals surface area contributed by atoms with Crippen LogP contribution >= 0.6 is 0 Å². The quantitative estimate of drug-likeness (QED) is 0.851. The molecule has 3 rings (SSSR count). The number of nitrogens with zero attached hydrogens (tertiary/aromatic N) is 2. The van der Waals surface area contributed by atoms with Gasteiger partial charge in [-0.2, -0.15) is 0 Å². The monoisotopic (exact) mass is 332 g/mol. The Labute approximate surface area is 144 Å². The van der Waals surface area contributed by atoms with Crippen molar-refractivity contribution in [3.8, 4) is 0 Å². The number of aromatic nitrogens is 1. The predicted molar refractivity (Wildman–Crippen MR) is 92.0 cm³/mol. The van der Waals surface area contributed by atoms with Crippen LogP contribution in [-0.4, -0.2) is 53.8 Å². The number of rotatable bonds is 4. The van der Waals surface area contributed by atoms with Crippen molar-refractivity contribution in [3.63, 3.8) is 0 Å². The summed E-state index contributed by atoms with van der Waals surface area (Å²) < 4.78 is 12.1. The van der Waals surface area contributed by atoms with Crippen LogP contribution in [0.4, 0.5) is 0 Å². The number of pyridine rings is 1. The summed E-state index contributed by atoms with van der Waals surface area (Å²) in [7, 11) is 0. The van der Waals surface area contributed by atoms with E-state index in [4.69, 9.17) is 9.47 Å². The summed E-state index contributed by atoms with van der Waals surface area (Å²) in [5.41, 5.74) is 1.35. The first-order chi connectivity index (χ1) is 11.5. The summed E-state index contributed by atoms with van der Waals surface area (Å²) in [4.78, 5) is 19.0. The van der Waals surface area contributed by atoms with Gasteiger partial charge in [0.15, 0.2) is 0 Å². The maximum absolute atomic E-state index is 12.8. The molecule has 1 aromatic heterocycles. The molecular weight excluding hydrogens is 304 g/mol. The van der Waals surface area contributed by atoms with E-state index in [-0.39, 0.29) is 17.6 Å². The molecule has 0 N–H and O–H groups in total. The van der Waals surface area contributed by atoms with Crippen molar-refractivity contribution in [2.24, 2.45) is 5.92 Å². The Morgan fingerprint density at radius 2 is 2.33 bits per heavy atom. The van der Waals surface area contributed by atoms with Crippen LogP contribution in [0.5, 0.6) is 0 Å². The molecule has 24 heavy (non-hydrogen) atoms. The van der Waals surface area contributed by atoms with Crippen molar-refractivity contribution in [2.45, 2.75) is 51.7 Å². The lowest BCUT2D eigenvalue weighted by Crippen LogP contribution is -2.56. The fourth-order valence-corrected chi connectivity index (χ4v) is 3.81. The molecule has 1 aromatic rings. The normalized spacial score (nSPS) is 27.2. The molecule has 1 saturated carbocycles. The van der Waals surface area contributed by atoms with Crippen LogP contribution in [0, 0.1) is 12.8 Å². The minimum atomic E-state index is -0.235. The van der Waals surface area contributed by atoms with Gasteiger partial charge >= 0.3 is 0 Å². The molecule has 0 radical (unpaired) electrons. The maximum Gasteiger partial charge on any atom is 0.255 e. The van der Waals surface area contributed by atoms with Gasteiger partial charge in [0.25, 0.3) is 5.91 Å². The molecule has 2 atom stereocenters. The Morgan fingerprint density at radius 1 is 1.50 bits per heavy atom. The SMILES string of the molecule is Cc1ccc(C(=O)N2CCO[C@]3(CCC[C@H]3COC(C)C)C2)cn1. The third-order valence-corrected chi connectivity index (χ3v) is 5.18. The molecule has 2 fully saturated rings. The summed E-state index contributed by atoms with van der Waals surface area (Å²) in [6.07, 6.45) is 5.16. The zero-order valence-electron chi connectivity index (χ0n) is 15.0. The average Bonchev–Trinajstić information content (AvgIpc) is 2.95. The molecule has 2 heterocycles. The van der Waals surface area contributed by atoms with Gasteiger partial charge in [-0.15, -0.1) is 0 Å². The molecular formula is C19H28N2O3. The summed E-state index contributed by atoms with van der Waals surface area (Å²) in [6.45, 7) is 8.66. The Balaban J connectivity index is 1.71. The number of aryl methyl sites for hydroxylation is 1. The van der Waals surface area contributed by atoms with E-state index in [9.17, 15) is 4.79 Å². The third kappa shape index (κ3) is 3.62. The number of hydrogen-bond acceptors (Lipinski definition) is 4. The molecule has 5 nitrogen and oxygen atoms in total. The fraction of sp³-hybridized carbons (Fsp3) is 0.684. The van der Waals surface area contributed by atoms with E-state index < -0.39 is 0 Å². The van der Waals surface area contributed by atoms with Crippen LogP contribution < -0.4 is 0 Å². The summed E-state index contributed by atoms with van der Waals surface area (Å²) in [5.74, 6) is 0.423. The van der Waals surface area contributed by atoms with E-state index in [1.165, 1.54) is 0 Å². The zero-order valence-corrected chi connectivity index (χ0v) is 15.0. The van der Waals surface area contributed by atoms with Gasteiger partial charge in [-0.1, -0.05) is 6.42 Å². The molecule has 0 unspecified atom stereocenters. The van der Waals surface area contributed by atoms with E-state index in [1.54, 1.807) is 6.20 Å². The van der Waals surface area contributed by atoms with E-state index in [0.717, 1.165) is 25.0 Å². The van der Waals surface area contributed by atoms with Crippen molar-refractivity contribution < 1.29 is 14.3 Å². The Bertz CT molecular complexity index is 572. The van der Waals surface area contributed by atoms with Crippen LogP contribution in [0.25, 0.3) is 0 Å². The Hall–Kier alpha value is -1.46. The topological polar surface area (TPSA) is 51.7 Å². The second-order valence-electron chi connectivity index (χ2n) is 7.30. The maximum atomic E-state index is 12.8. The third-order valence-electron chi connectivity index (χ3n) is 5.18. The van der Waals surface area contributed by atoms with Crippen molar-refractivity contribution >= 4 is 5.91 Å². The van der Waals surface area contributed by atoms with Crippen molar-refractivity contribution in [2.75, 3.05) is 26.3 Å². The molecule has 0 bridgehead atoms. The average molecular weight is 332 g/mol. The molecule has 1 aliphatic heterocycles. The smallest absolute Gasteiger partial charge is 0.255 e. The number of ether oxygens (including phenoxy) is 2. The molecule has 5 heteroatoms. The lowest BCUT2D eigenvalue weighted by atomic mass is 9.89. The summed E-state index contributed by atoms with van der Waals surface area (Å²) >= 11 is 0. The van der Waals surface area contributed by atoms with Crippen molar-refractivity contribution in [1.29, 1.82) is 0 Å². The van der Waals surface area contributed by atoms with E-state index in [1.807, 2.05) is 24.0 Å². The second kappa shape index (κ2) is 7.19. The highest BCUT2D eigenvalue weighted by Crippen LogP contribution is 2.41. The minimum absolute atomic E-state index is 0.0561. The first-order valence-electron chi connectivity index (χ1n) is 8.98. The van der Waals surface area contributed by atoms with Crippen molar-refractivity contribution in [3.05, 3.63) is 29.6 Å².